The second-order valence-electron chi connectivity index (χ2n) is 5.49. The molecule has 0 bridgehead atoms. The van der Waals surface area contributed by atoms with Gasteiger partial charge in [-0.25, -0.2) is 4.98 Å². The minimum atomic E-state index is -0.0391. The van der Waals surface area contributed by atoms with E-state index in [-0.39, 0.29) is 5.91 Å². The van der Waals surface area contributed by atoms with Gasteiger partial charge in [0, 0.05) is 11.6 Å². The third-order valence-corrected chi connectivity index (χ3v) is 4.13. The van der Waals surface area contributed by atoms with Crippen LogP contribution in [0.25, 0.3) is 0 Å². The van der Waals surface area contributed by atoms with Crippen LogP contribution in [-0.2, 0) is 4.79 Å². The number of aryl methyl sites for hydroxylation is 2. The lowest BCUT2D eigenvalue weighted by Gasteiger charge is -2.06. The van der Waals surface area contributed by atoms with E-state index < -0.39 is 0 Å². The first-order valence-corrected chi connectivity index (χ1v) is 8.02. The molecule has 1 aromatic carbocycles. The topological polar surface area (TPSA) is 70.7 Å². The van der Waals surface area contributed by atoms with E-state index in [4.69, 9.17) is 0 Å². The van der Waals surface area contributed by atoms with Crippen LogP contribution in [0.4, 0.5) is 5.69 Å². The fraction of sp³-hybridized carbons (Fsp3) is 0.400. The number of H-pyrrole nitrogens is 1. The van der Waals surface area contributed by atoms with Gasteiger partial charge < -0.3 is 5.32 Å². The van der Waals surface area contributed by atoms with E-state index in [1.165, 1.54) is 24.6 Å². The van der Waals surface area contributed by atoms with E-state index in [2.05, 4.69) is 26.6 Å². The normalized spacial score (nSPS) is 14.2. The molecule has 2 aromatic rings. The van der Waals surface area contributed by atoms with Crippen LogP contribution < -0.4 is 5.32 Å². The average Bonchev–Trinajstić information content (AvgIpc) is 3.14. The number of nitrogens with zero attached hydrogens (tertiary/aromatic N) is 2. The van der Waals surface area contributed by atoms with Gasteiger partial charge in [-0.15, -0.1) is 5.10 Å². The molecule has 1 aliphatic rings. The zero-order valence-corrected chi connectivity index (χ0v) is 13.0. The van der Waals surface area contributed by atoms with Crippen molar-refractivity contribution in [3.63, 3.8) is 0 Å². The SMILES string of the molecule is Cc1cc(C)cc(NC(=O)CSc2n[nH]c(C3CC3)n2)c1. The number of thioether (sulfide) groups is 1. The Bertz CT molecular complexity index is 643. The quantitative estimate of drug-likeness (QED) is 0.833. The van der Waals surface area contributed by atoms with Gasteiger partial charge in [-0.2, -0.15) is 0 Å². The van der Waals surface area contributed by atoms with Gasteiger partial charge >= 0.3 is 0 Å². The van der Waals surface area contributed by atoms with Gasteiger partial charge in [-0.05, 0) is 49.9 Å². The Hall–Kier alpha value is -1.82. The Labute approximate surface area is 127 Å². The van der Waals surface area contributed by atoms with Crippen molar-refractivity contribution in [3.8, 4) is 0 Å². The standard InChI is InChI=1S/C15H18N4OS/c1-9-5-10(2)7-12(6-9)16-13(20)8-21-15-17-14(18-19-15)11-3-4-11/h5-7,11H,3-4,8H2,1-2H3,(H,16,20)(H,17,18,19). The second kappa shape index (κ2) is 5.89. The molecule has 5 nitrogen and oxygen atoms in total. The number of hydrogen-bond donors (Lipinski definition) is 2. The summed E-state index contributed by atoms with van der Waals surface area (Å²) >= 11 is 1.36. The number of carbonyl (C=O) groups excluding carboxylic acids is 1. The van der Waals surface area contributed by atoms with Crippen molar-refractivity contribution >= 4 is 23.4 Å². The molecule has 1 aromatic heterocycles. The van der Waals surface area contributed by atoms with Crippen LogP contribution >= 0.6 is 11.8 Å². The van der Waals surface area contributed by atoms with Gasteiger partial charge in [0.1, 0.15) is 5.82 Å². The van der Waals surface area contributed by atoms with E-state index in [0.717, 1.165) is 22.6 Å². The summed E-state index contributed by atoms with van der Waals surface area (Å²) in [7, 11) is 0. The van der Waals surface area contributed by atoms with Crippen LogP contribution in [0.1, 0.15) is 35.7 Å². The number of rotatable bonds is 5. The lowest BCUT2D eigenvalue weighted by atomic mass is 10.1. The minimum Gasteiger partial charge on any atom is -0.325 e. The molecule has 1 fully saturated rings. The van der Waals surface area contributed by atoms with Crippen molar-refractivity contribution in [2.75, 3.05) is 11.1 Å². The minimum absolute atomic E-state index is 0.0391. The Morgan fingerprint density at radius 1 is 1.33 bits per heavy atom. The smallest absolute Gasteiger partial charge is 0.234 e. The molecule has 1 aliphatic carbocycles. The largest absolute Gasteiger partial charge is 0.325 e. The molecule has 21 heavy (non-hydrogen) atoms. The molecule has 2 N–H and O–H groups in total. The summed E-state index contributed by atoms with van der Waals surface area (Å²) < 4.78 is 0. The maximum atomic E-state index is 12.0. The van der Waals surface area contributed by atoms with Crippen molar-refractivity contribution < 1.29 is 4.79 Å². The van der Waals surface area contributed by atoms with Crippen molar-refractivity contribution in [3.05, 3.63) is 35.2 Å². The maximum Gasteiger partial charge on any atom is 0.234 e. The third kappa shape index (κ3) is 3.85. The maximum absolute atomic E-state index is 12.0. The summed E-state index contributed by atoms with van der Waals surface area (Å²) in [5.41, 5.74) is 3.12. The summed E-state index contributed by atoms with van der Waals surface area (Å²) in [6, 6.07) is 6.01. The molecule has 1 saturated carbocycles. The second-order valence-corrected chi connectivity index (χ2v) is 6.43. The fourth-order valence-corrected chi connectivity index (χ4v) is 2.84. The van der Waals surface area contributed by atoms with Gasteiger partial charge in [0.15, 0.2) is 0 Å². The highest BCUT2D eigenvalue weighted by Gasteiger charge is 2.27. The highest BCUT2D eigenvalue weighted by atomic mass is 32.2. The zero-order chi connectivity index (χ0) is 14.8. The van der Waals surface area contributed by atoms with Crippen molar-refractivity contribution in [1.82, 2.24) is 15.2 Å². The summed E-state index contributed by atoms with van der Waals surface area (Å²) in [6.07, 6.45) is 2.37. The number of aromatic nitrogens is 3. The molecule has 0 spiro atoms. The zero-order valence-electron chi connectivity index (χ0n) is 12.1. The van der Waals surface area contributed by atoms with E-state index in [1.807, 2.05) is 26.0 Å². The summed E-state index contributed by atoms with van der Waals surface area (Å²) in [6.45, 7) is 4.04. The number of carbonyl (C=O) groups is 1. The van der Waals surface area contributed by atoms with Gasteiger partial charge in [0.05, 0.1) is 5.75 Å². The third-order valence-electron chi connectivity index (χ3n) is 3.28. The van der Waals surface area contributed by atoms with Gasteiger partial charge in [-0.3, -0.25) is 9.89 Å². The Kier molecular flexibility index (Phi) is 3.96. The molecule has 6 heteroatoms. The summed E-state index contributed by atoms with van der Waals surface area (Å²) in [4.78, 5) is 16.4. The molecule has 0 radical (unpaired) electrons. The first-order chi connectivity index (χ1) is 10.1. The van der Waals surface area contributed by atoms with Crippen LogP contribution in [-0.4, -0.2) is 26.8 Å². The highest BCUT2D eigenvalue weighted by molar-refractivity contribution is 7.99. The summed E-state index contributed by atoms with van der Waals surface area (Å²) in [5, 5.41) is 10.6. The van der Waals surface area contributed by atoms with Crippen LogP contribution in [0.15, 0.2) is 23.4 Å². The van der Waals surface area contributed by atoms with Gasteiger partial charge in [0.25, 0.3) is 0 Å². The number of aromatic amines is 1. The number of anilines is 1. The molecule has 0 unspecified atom stereocenters. The van der Waals surface area contributed by atoms with E-state index in [9.17, 15) is 4.79 Å². The lowest BCUT2D eigenvalue weighted by molar-refractivity contribution is -0.113. The molecule has 110 valence electrons. The van der Waals surface area contributed by atoms with Gasteiger partial charge in [-0.1, -0.05) is 17.8 Å². The van der Waals surface area contributed by atoms with Crippen LogP contribution in [0.3, 0.4) is 0 Å². The molecule has 1 heterocycles. The fourth-order valence-electron chi connectivity index (χ4n) is 2.24. The van der Waals surface area contributed by atoms with Crippen LogP contribution in [0.5, 0.6) is 0 Å². The number of amides is 1. The first kappa shape index (κ1) is 14.1. The van der Waals surface area contributed by atoms with Gasteiger partial charge in [0.2, 0.25) is 11.1 Å². The summed E-state index contributed by atoms with van der Waals surface area (Å²) in [5.74, 6) is 1.78. The van der Waals surface area contributed by atoms with Crippen molar-refractivity contribution in [2.45, 2.75) is 37.8 Å². The van der Waals surface area contributed by atoms with E-state index in [1.54, 1.807) is 0 Å². The first-order valence-electron chi connectivity index (χ1n) is 7.03. The van der Waals surface area contributed by atoms with Crippen LogP contribution in [0, 0.1) is 13.8 Å². The van der Waals surface area contributed by atoms with E-state index >= 15 is 0 Å². The molecule has 3 rings (SSSR count). The van der Waals surface area contributed by atoms with Crippen molar-refractivity contribution in [2.24, 2.45) is 0 Å². The average molecular weight is 302 g/mol. The predicted molar refractivity (Wildman–Crippen MR) is 83.6 cm³/mol. The Balaban J connectivity index is 1.53. The van der Waals surface area contributed by atoms with Crippen molar-refractivity contribution in [1.29, 1.82) is 0 Å². The van der Waals surface area contributed by atoms with E-state index in [0.29, 0.717) is 16.8 Å². The Morgan fingerprint density at radius 2 is 2.05 bits per heavy atom. The Morgan fingerprint density at radius 3 is 2.71 bits per heavy atom. The highest BCUT2D eigenvalue weighted by Crippen LogP contribution is 2.38. The predicted octanol–water partition coefficient (Wildman–Crippen LogP) is 3.03. The number of hydrogen-bond acceptors (Lipinski definition) is 4. The molecule has 0 atom stereocenters. The number of benzene rings is 1. The molecular weight excluding hydrogens is 284 g/mol. The van der Waals surface area contributed by atoms with Crippen LogP contribution in [0.2, 0.25) is 0 Å². The molecule has 1 amide bonds. The molecular formula is C15H18N4OS. The lowest BCUT2D eigenvalue weighted by Crippen LogP contribution is -2.14. The number of nitrogens with one attached hydrogen (secondary N) is 2. The monoisotopic (exact) mass is 302 g/mol. The molecule has 0 aliphatic heterocycles. The molecule has 0 saturated heterocycles.